The minimum absolute atomic E-state index is 0.104. The number of hydrogen-bond acceptors (Lipinski definition) is 6. The lowest BCUT2D eigenvalue weighted by molar-refractivity contribution is 0.0322. The molecule has 4 rings (SSSR count). The number of hydrogen-bond donors (Lipinski definition) is 2. The van der Waals surface area contributed by atoms with Gasteiger partial charge < -0.3 is 25.0 Å². The minimum atomic E-state index is -0.857. The first-order valence-corrected chi connectivity index (χ1v) is 9.15. The van der Waals surface area contributed by atoms with Crippen LogP contribution in [0.25, 0.3) is 10.9 Å². The summed E-state index contributed by atoms with van der Waals surface area (Å²) in [5.41, 5.74) is 6.96. The van der Waals surface area contributed by atoms with Crippen LogP contribution >= 0.6 is 0 Å². The van der Waals surface area contributed by atoms with Crippen molar-refractivity contribution < 1.29 is 14.6 Å². The van der Waals surface area contributed by atoms with E-state index in [-0.39, 0.29) is 29.2 Å². The molecule has 1 atom stereocenters. The number of fused-ring (bicyclic) bond motifs is 2. The molecule has 8 nitrogen and oxygen atoms in total. The van der Waals surface area contributed by atoms with Crippen LogP contribution in [0.4, 0.5) is 11.5 Å². The highest BCUT2D eigenvalue weighted by atomic mass is 16.5. The first kappa shape index (κ1) is 18.2. The Balaban J connectivity index is 1.74. The zero-order chi connectivity index (χ0) is 20.1. The molecule has 8 heteroatoms. The van der Waals surface area contributed by atoms with E-state index in [0.29, 0.717) is 13.2 Å². The summed E-state index contributed by atoms with van der Waals surface area (Å²) >= 11 is 0. The zero-order valence-corrected chi connectivity index (χ0v) is 16.1. The molecule has 0 radical (unpaired) electrons. The van der Waals surface area contributed by atoms with E-state index in [1.54, 1.807) is 18.7 Å². The maximum Gasteiger partial charge on any atom is 0.267 e. The van der Waals surface area contributed by atoms with E-state index in [0.717, 1.165) is 16.6 Å². The second kappa shape index (κ2) is 6.49. The Morgan fingerprint density at radius 2 is 2.07 bits per heavy atom. The molecule has 146 valence electrons. The van der Waals surface area contributed by atoms with Crippen molar-refractivity contribution in [2.45, 2.75) is 32.4 Å². The van der Waals surface area contributed by atoms with Crippen LogP contribution < -0.4 is 15.4 Å². The van der Waals surface area contributed by atoms with Crippen LogP contribution in [0, 0.1) is 0 Å². The number of rotatable bonds is 3. The molecule has 28 heavy (non-hydrogen) atoms. The Kier molecular flexibility index (Phi) is 4.23. The molecule has 1 aromatic carbocycles. The van der Waals surface area contributed by atoms with Gasteiger partial charge in [-0.3, -0.25) is 4.79 Å². The Hall–Kier alpha value is -3.13. The molecule has 0 aliphatic carbocycles. The lowest BCUT2D eigenvalue weighted by Crippen LogP contribution is -2.32. The van der Waals surface area contributed by atoms with E-state index in [1.807, 2.05) is 42.0 Å². The fraction of sp³-hybridized carbons (Fsp3) is 0.350. The smallest absolute Gasteiger partial charge is 0.267 e. The summed E-state index contributed by atoms with van der Waals surface area (Å²) in [6, 6.07) is 7.67. The number of aromatic nitrogens is 3. The van der Waals surface area contributed by atoms with E-state index in [1.165, 1.54) is 6.33 Å². The van der Waals surface area contributed by atoms with Gasteiger partial charge in [-0.25, -0.2) is 9.97 Å². The Morgan fingerprint density at radius 1 is 1.29 bits per heavy atom. The topological polar surface area (TPSA) is 107 Å². The molecule has 1 aliphatic rings. The average molecular weight is 381 g/mol. The van der Waals surface area contributed by atoms with E-state index >= 15 is 0 Å². The number of aliphatic hydroxyl groups is 1. The van der Waals surface area contributed by atoms with Gasteiger partial charge in [0, 0.05) is 22.8 Å². The first-order valence-electron chi connectivity index (χ1n) is 9.15. The van der Waals surface area contributed by atoms with Gasteiger partial charge in [0.15, 0.2) is 0 Å². The molecule has 2 aromatic heterocycles. The van der Waals surface area contributed by atoms with Gasteiger partial charge in [0.25, 0.3) is 5.91 Å². The molecular formula is C20H23N5O3. The predicted molar refractivity (Wildman–Crippen MR) is 107 cm³/mol. The number of nitrogen functional groups attached to an aromatic ring is 1. The largest absolute Gasteiger partial charge is 0.475 e. The van der Waals surface area contributed by atoms with Crippen molar-refractivity contribution in [1.29, 1.82) is 0 Å². The van der Waals surface area contributed by atoms with Crippen molar-refractivity contribution in [3.63, 3.8) is 0 Å². The second-order valence-electron chi connectivity index (χ2n) is 7.54. The van der Waals surface area contributed by atoms with Crippen molar-refractivity contribution >= 4 is 28.3 Å². The van der Waals surface area contributed by atoms with Gasteiger partial charge in [-0.1, -0.05) is 0 Å². The van der Waals surface area contributed by atoms with Crippen LogP contribution in [0.1, 0.15) is 37.2 Å². The van der Waals surface area contributed by atoms with Gasteiger partial charge in [0.05, 0.1) is 18.2 Å². The highest BCUT2D eigenvalue weighted by molar-refractivity contribution is 6.11. The van der Waals surface area contributed by atoms with E-state index in [4.69, 9.17) is 10.5 Å². The molecule has 1 aliphatic heterocycles. The SMILES string of the molecule is CC(n1ccc2cc(N3CCOc4ncnc(N)c4C3=O)ccc21)C(C)(C)O. The number of carbonyl (C=O) groups is 1. The number of carbonyl (C=O) groups excluding carboxylic acids is 1. The van der Waals surface area contributed by atoms with E-state index in [2.05, 4.69) is 9.97 Å². The van der Waals surface area contributed by atoms with Crippen LogP contribution in [0.15, 0.2) is 36.8 Å². The maximum absolute atomic E-state index is 13.1. The molecular weight excluding hydrogens is 358 g/mol. The van der Waals surface area contributed by atoms with Crippen LogP contribution in [-0.4, -0.2) is 44.3 Å². The van der Waals surface area contributed by atoms with E-state index < -0.39 is 5.60 Å². The third kappa shape index (κ3) is 2.95. The molecule has 0 spiro atoms. The quantitative estimate of drug-likeness (QED) is 0.721. The highest BCUT2D eigenvalue weighted by Gasteiger charge is 2.29. The lowest BCUT2D eigenvalue weighted by atomic mass is 10.0. The molecule has 3 heterocycles. The van der Waals surface area contributed by atoms with Crippen LogP contribution in [0.2, 0.25) is 0 Å². The number of amides is 1. The third-order valence-corrected chi connectivity index (χ3v) is 5.31. The summed E-state index contributed by atoms with van der Waals surface area (Å²) in [5, 5.41) is 11.3. The first-order chi connectivity index (χ1) is 13.3. The Labute approximate surface area is 162 Å². The number of anilines is 2. The normalized spacial score (nSPS) is 15.9. The summed E-state index contributed by atoms with van der Waals surface area (Å²) < 4.78 is 7.62. The summed E-state index contributed by atoms with van der Waals surface area (Å²) in [6.45, 7) is 6.24. The molecule has 0 fully saturated rings. The van der Waals surface area contributed by atoms with Gasteiger partial charge in [-0.05, 0) is 45.0 Å². The van der Waals surface area contributed by atoms with Crippen molar-refractivity contribution in [1.82, 2.24) is 14.5 Å². The van der Waals surface area contributed by atoms with Gasteiger partial charge in [0.2, 0.25) is 5.88 Å². The van der Waals surface area contributed by atoms with Gasteiger partial charge >= 0.3 is 0 Å². The number of nitrogens with two attached hydrogens (primary N) is 1. The summed E-state index contributed by atoms with van der Waals surface area (Å²) in [6.07, 6.45) is 3.24. The molecule has 3 aromatic rings. The summed E-state index contributed by atoms with van der Waals surface area (Å²) in [7, 11) is 0. The standard InChI is InChI=1S/C20H23N5O3/c1-12(20(2,3)27)24-7-6-13-10-14(4-5-15(13)24)25-8-9-28-18-16(19(25)26)17(21)22-11-23-18/h4-7,10-12,27H,8-9H2,1-3H3,(H2,21,22,23). The molecule has 0 saturated carbocycles. The number of ether oxygens (including phenoxy) is 1. The highest BCUT2D eigenvalue weighted by Crippen LogP contribution is 2.32. The second-order valence-corrected chi connectivity index (χ2v) is 7.54. The zero-order valence-electron chi connectivity index (χ0n) is 16.1. The summed E-state index contributed by atoms with van der Waals surface area (Å²) in [5.74, 6) is 0.0357. The summed E-state index contributed by atoms with van der Waals surface area (Å²) in [4.78, 5) is 22.7. The molecule has 1 amide bonds. The Morgan fingerprint density at radius 3 is 2.82 bits per heavy atom. The van der Waals surface area contributed by atoms with Crippen molar-refractivity contribution in [3.05, 3.63) is 42.4 Å². The van der Waals surface area contributed by atoms with E-state index in [9.17, 15) is 9.90 Å². The molecule has 3 N–H and O–H groups in total. The average Bonchev–Trinajstić information content (AvgIpc) is 2.98. The predicted octanol–water partition coefficient (Wildman–Crippen LogP) is 2.38. The Bertz CT molecular complexity index is 1050. The molecule has 0 bridgehead atoms. The van der Waals surface area contributed by atoms with Crippen LogP contribution in [-0.2, 0) is 0 Å². The van der Waals surface area contributed by atoms with Crippen molar-refractivity contribution in [2.24, 2.45) is 0 Å². The van der Waals surface area contributed by atoms with Crippen molar-refractivity contribution in [3.8, 4) is 5.88 Å². The molecule has 1 unspecified atom stereocenters. The number of benzene rings is 1. The van der Waals surface area contributed by atoms with Gasteiger partial charge in [-0.2, -0.15) is 0 Å². The fourth-order valence-corrected chi connectivity index (χ4v) is 3.41. The van der Waals surface area contributed by atoms with Crippen LogP contribution in [0.5, 0.6) is 5.88 Å². The van der Waals surface area contributed by atoms with Crippen molar-refractivity contribution in [2.75, 3.05) is 23.8 Å². The monoisotopic (exact) mass is 381 g/mol. The fourth-order valence-electron chi connectivity index (χ4n) is 3.41. The van der Waals surface area contributed by atoms with Gasteiger partial charge in [-0.15, -0.1) is 0 Å². The molecule has 0 saturated heterocycles. The number of nitrogens with zero attached hydrogens (tertiary/aromatic N) is 4. The van der Waals surface area contributed by atoms with Crippen LogP contribution in [0.3, 0.4) is 0 Å². The minimum Gasteiger partial charge on any atom is -0.475 e. The third-order valence-electron chi connectivity index (χ3n) is 5.31. The van der Waals surface area contributed by atoms with Gasteiger partial charge in [0.1, 0.15) is 24.3 Å². The lowest BCUT2D eigenvalue weighted by Gasteiger charge is -2.28. The maximum atomic E-state index is 13.1.